The number of hydrogen-bond donors (Lipinski definition) is 1. The molecule has 0 unspecified atom stereocenters. The number of methoxy groups -OCH3 is 1. The van der Waals surface area contributed by atoms with Gasteiger partial charge in [0.05, 0.1) is 6.61 Å². The summed E-state index contributed by atoms with van der Waals surface area (Å²) in [6.45, 7) is 3.38. The second-order valence-corrected chi connectivity index (χ2v) is 2.44. The van der Waals surface area contributed by atoms with Crippen LogP contribution >= 0.6 is 0 Å². The van der Waals surface area contributed by atoms with Gasteiger partial charge in [-0.25, -0.2) is 0 Å². The van der Waals surface area contributed by atoms with Crippen molar-refractivity contribution in [2.24, 2.45) is 15.9 Å². The molecule has 0 amide bonds. The van der Waals surface area contributed by atoms with Gasteiger partial charge in [-0.05, 0) is 6.42 Å². The quantitative estimate of drug-likeness (QED) is 0.278. The lowest BCUT2D eigenvalue weighted by Gasteiger charge is -1.95. The zero-order chi connectivity index (χ0) is 9.23. The summed E-state index contributed by atoms with van der Waals surface area (Å²) < 4.78 is 4.85. The molecule has 0 aliphatic heterocycles. The Kier molecular flexibility index (Phi) is 7.58. The molecular weight excluding hydrogens is 154 g/mol. The molecular formula is C8H17N3O. The number of hydrogen-bond acceptors (Lipinski definition) is 4. The largest absolute Gasteiger partial charge is 0.378 e. The van der Waals surface area contributed by atoms with Gasteiger partial charge in [-0.2, -0.15) is 5.10 Å². The van der Waals surface area contributed by atoms with E-state index in [4.69, 9.17) is 10.6 Å². The highest BCUT2D eigenvalue weighted by Crippen LogP contribution is 1.85. The maximum absolute atomic E-state index is 5.09. The maximum atomic E-state index is 5.09. The van der Waals surface area contributed by atoms with Gasteiger partial charge in [-0.15, -0.1) is 0 Å². The Morgan fingerprint density at radius 3 is 2.83 bits per heavy atom. The normalized spacial score (nSPS) is 12.7. The summed E-state index contributed by atoms with van der Waals surface area (Å²) in [7, 11) is 1.60. The molecule has 0 heterocycles. The SMILES string of the molecule is CCCCN=C/C(COC)=N\N. The Bertz CT molecular complexity index is 154. The lowest BCUT2D eigenvalue weighted by Crippen LogP contribution is -2.11. The third-order valence-corrected chi connectivity index (χ3v) is 1.34. The predicted molar refractivity (Wildman–Crippen MR) is 51.8 cm³/mol. The molecule has 0 aromatic rings. The first-order valence-corrected chi connectivity index (χ1v) is 4.10. The maximum Gasteiger partial charge on any atom is 0.103 e. The third-order valence-electron chi connectivity index (χ3n) is 1.34. The van der Waals surface area contributed by atoms with Gasteiger partial charge in [0.25, 0.3) is 0 Å². The summed E-state index contributed by atoms with van der Waals surface area (Å²) >= 11 is 0. The molecule has 0 fully saturated rings. The number of hydrazone groups is 1. The van der Waals surface area contributed by atoms with Gasteiger partial charge >= 0.3 is 0 Å². The van der Waals surface area contributed by atoms with E-state index in [0.717, 1.165) is 19.4 Å². The lowest BCUT2D eigenvalue weighted by atomic mass is 10.3. The summed E-state index contributed by atoms with van der Waals surface area (Å²) in [5.74, 6) is 5.09. The minimum atomic E-state index is 0.423. The fraction of sp³-hybridized carbons (Fsp3) is 0.750. The van der Waals surface area contributed by atoms with Gasteiger partial charge in [-0.3, -0.25) is 4.99 Å². The first-order valence-electron chi connectivity index (χ1n) is 4.10. The molecule has 12 heavy (non-hydrogen) atoms. The number of nitrogens with two attached hydrogens (primary N) is 1. The van der Waals surface area contributed by atoms with E-state index in [2.05, 4.69) is 17.0 Å². The van der Waals surface area contributed by atoms with Crippen LogP contribution in [0.1, 0.15) is 19.8 Å². The van der Waals surface area contributed by atoms with Crippen LogP contribution < -0.4 is 5.84 Å². The number of nitrogens with zero attached hydrogens (tertiary/aromatic N) is 2. The van der Waals surface area contributed by atoms with Gasteiger partial charge in [0, 0.05) is 19.9 Å². The molecule has 0 bridgehead atoms. The van der Waals surface area contributed by atoms with Gasteiger partial charge in [0.2, 0.25) is 0 Å². The van der Waals surface area contributed by atoms with Crippen LogP contribution in [-0.2, 0) is 4.74 Å². The first-order chi connectivity index (χ1) is 5.85. The second-order valence-electron chi connectivity index (χ2n) is 2.44. The fourth-order valence-electron chi connectivity index (χ4n) is 0.675. The molecule has 2 N–H and O–H groups in total. The van der Waals surface area contributed by atoms with Crippen molar-refractivity contribution < 1.29 is 4.74 Å². The minimum Gasteiger partial charge on any atom is -0.378 e. The van der Waals surface area contributed by atoms with E-state index < -0.39 is 0 Å². The smallest absolute Gasteiger partial charge is 0.103 e. The fourth-order valence-corrected chi connectivity index (χ4v) is 0.675. The Morgan fingerprint density at radius 1 is 1.58 bits per heavy atom. The van der Waals surface area contributed by atoms with Gasteiger partial charge in [0.1, 0.15) is 5.71 Å². The van der Waals surface area contributed by atoms with E-state index in [1.807, 2.05) is 0 Å². The summed E-state index contributed by atoms with van der Waals surface area (Å²) in [6, 6.07) is 0. The molecule has 0 aliphatic rings. The van der Waals surface area contributed by atoms with Crippen molar-refractivity contribution in [3.8, 4) is 0 Å². The highest BCUT2D eigenvalue weighted by molar-refractivity contribution is 6.31. The highest BCUT2D eigenvalue weighted by Gasteiger charge is 1.91. The molecule has 0 aromatic heterocycles. The van der Waals surface area contributed by atoms with Crippen LogP contribution in [0.3, 0.4) is 0 Å². The van der Waals surface area contributed by atoms with E-state index in [1.165, 1.54) is 0 Å². The predicted octanol–water partition coefficient (Wildman–Crippen LogP) is 0.818. The summed E-state index contributed by atoms with van der Waals surface area (Å²) in [5.41, 5.74) is 0.675. The van der Waals surface area contributed by atoms with Crippen LogP contribution in [-0.4, -0.2) is 32.2 Å². The molecule has 0 radical (unpaired) electrons. The van der Waals surface area contributed by atoms with Crippen LogP contribution in [0.15, 0.2) is 10.1 Å². The van der Waals surface area contributed by atoms with Crippen molar-refractivity contribution >= 4 is 11.9 Å². The first kappa shape index (κ1) is 11.1. The zero-order valence-corrected chi connectivity index (χ0v) is 7.79. The molecule has 70 valence electrons. The molecule has 4 nitrogen and oxygen atoms in total. The zero-order valence-electron chi connectivity index (χ0n) is 7.79. The van der Waals surface area contributed by atoms with Crippen molar-refractivity contribution in [3.05, 3.63) is 0 Å². The van der Waals surface area contributed by atoms with Crippen LogP contribution in [0, 0.1) is 0 Å². The molecule has 4 heteroatoms. The number of unbranched alkanes of at least 4 members (excludes halogenated alkanes) is 1. The third kappa shape index (κ3) is 5.85. The van der Waals surface area contributed by atoms with E-state index in [9.17, 15) is 0 Å². The summed E-state index contributed by atoms with van der Waals surface area (Å²) in [5, 5.41) is 3.52. The number of aliphatic imine (C=N–C) groups is 1. The van der Waals surface area contributed by atoms with Gasteiger partial charge < -0.3 is 10.6 Å². The van der Waals surface area contributed by atoms with Gasteiger partial charge in [-0.1, -0.05) is 13.3 Å². The highest BCUT2D eigenvalue weighted by atomic mass is 16.5. The van der Waals surface area contributed by atoms with Crippen LogP contribution in [0.4, 0.5) is 0 Å². The molecule has 0 rings (SSSR count). The Morgan fingerprint density at radius 2 is 2.33 bits per heavy atom. The standard InChI is InChI=1S/C8H17N3O/c1-3-4-5-10-6-8(11-9)7-12-2/h6H,3-5,7,9H2,1-2H3/b10-6?,11-8+. The molecule has 0 aromatic carbocycles. The average Bonchev–Trinajstić information content (AvgIpc) is 2.10. The topological polar surface area (TPSA) is 60.0 Å². The van der Waals surface area contributed by atoms with Crippen LogP contribution in [0.2, 0.25) is 0 Å². The molecule has 0 aliphatic carbocycles. The van der Waals surface area contributed by atoms with Crippen LogP contribution in [0.5, 0.6) is 0 Å². The van der Waals surface area contributed by atoms with Crippen molar-refractivity contribution in [2.45, 2.75) is 19.8 Å². The van der Waals surface area contributed by atoms with E-state index in [0.29, 0.717) is 12.3 Å². The van der Waals surface area contributed by atoms with E-state index in [1.54, 1.807) is 13.3 Å². The van der Waals surface area contributed by atoms with Crippen molar-refractivity contribution in [1.29, 1.82) is 0 Å². The van der Waals surface area contributed by atoms with Gasteiger partial charge in [0.15, 0.2) is 0 Å². The van der Waals surface area contributed by atoms with Crippen molar-refractivity contribution in [3.63, 3.8) is 0 Å². The molecule has 0 spiro atoms. The minimum absolute atomic E-state index is 0.423. The molecule has 0 saturated carbocycles. The second kappa shape index (κ2) is 8.20. The average molecular weight is 171 g/mol. The van der Waals surface area contributed by atoms with E-state index >= 15 is 0 Å². The Hall–Kier alpha value is -0.900. The van der Waals surface area contributed by atoms with Crippen molar-refractivity contribution in [2.75, 3.05) is 20.3 Å². The number of ether oxygens (including phenoxy) is 1. The van der Waals surface area contributed by atoms with E-state index in [-0.39, 0.29) is 0 Å². The lowest BCUT2D eigenvalue weighted by molar-refractivity contribution is 0.246. The Labute approximate surface area is 73.5 Å². The summed E-state index contributed by atoms with van der Waals surface area (Å²) in [6.07, 6.45) is 3.91. The van der Waals surface area contributed by atoms with Crippen molar-refractivity contribution in [1.82, 2.24) is 0 Å². The molecule has 0 saturated heterocycles. The number of rotatable bonds is 6. The summed E-state index contributed by atoms with van der Waals surface area (Å²) in [4.78, 5) is 4.14. The monoisotopic (exact) mass is 171 g/mol. The van der Waals surface area contributed by atoms with Crippen LogP contribution in [0.25, 0.3) is 0 Å². The molecule has 0 atom stereocenters. The Balaban J connectivity index is 3.62.